The van der Waals surface area contributed by atoms with E-state index in [2.05, 4.69) is 0 Å². The molecule has 0 unspecified atom stereocenters. The third-order valence-corrected chi connectivity index (χ3v) is 5.96. The number of sulfone groups is 1. The fraction of sp³-hybridized carbons (Fsp3) is 0.556. The predicted molar refractivity (Wildman–Crippen MR) is 97.5 cm³/mol. The first-order valence-corrected chi connectivity index (χ1v) is 10.3. The van der Waals surface area contributed by atoms with Crippen molar-refractivity contribution in [1.82, 2.24) is 4.90 Å². The van der Waals surface area contributed by atoms with Crippen molar-refractivity contribution in [2.45, 2.75) is 26.3 Å². The van der Waals surface area contributed by atoms with Crippen LogP contribution in [0.4, 0.5) is 0 Å². The summed E-state index contributed by atoms with van der Waals surface area (Å²) in [6, 6.07) is 4.38. The van der Waals surface area contributed by atoms with Crippen LogP contribution >= 0.6 is 0 Å². The maximum absolute atomic E-state index is 12.7. The SMILES string of the molecule is COc1ccc(C=O)cc1OCC(=O)N(CC(C)C)[C@H]1CCS(=O)(=O)C1. The van der Waals surface area contributed by atoms with Gasteiger partial charge in [-0.1, -0.05) is 13.8 Å². The van der Waals surface area contributed by atoms with Crippen LogP contribution in [-0.2, 0) is 14.6 Å². The Morgan fingerprint density at radius 3 is 2.62 bits per heavy atom. The maximum Gasteiger partial charge on any atom is 0.260 e. The van der Waals surface area contributed by atoms with Crippen LogP contribution in [-0.4, -0.2) is 63.3 Å². The van der Waals surface area contributed by atoms with Crippen molar-refractivity contribution in [2.24, 2.45) is 5.92 Å². The van der Waals surface area contributed by atoms with Crippen molar-refractivity contribution in [2.75, 3.05) is 31.8 Å². The molecular formula is C18H25NO6S. The summed E-state index contributed by atoms with van der Waals surface area (Å²) in [5, 5.41) is 0. The molecule has 1 amide bonds. The van der Waals surface area contributed by atoms with Crippen LogP contribution in [0.25, 0.3) is 0 Å². The fourth-order valence-corrected chi connectivity index (χ4v) is 4.70. The fourth-order valence-electron chi connectivity index (χ4n) is 2.97. The van der Waals surface area contributed by atoms with E-state index in [0.717, 1.165) is 0 Å². The number of aldehydes is 1. The Morgan fingerprint density at radius 1 is 1.35 bits per heavy atom. The van der Waals surface area contributed by atoms with Gasteiger partial charge in [-0.3, -0.25) is 9.59 Å². The summed E-state index contributed by atoms with van der Waals surface area (Å²) < 4.78 is 34.3. The molecule has 1 aromatic carbocycles. The zero-order valence-electron chi connectivity index (χ0n) is 15.3. The number of amides is 1. The number of carbonyl (C=O) groups is 2. The Morgan fingerprint density at radius 2 is 2.08 bits per heavy atom. The van der Waals surface area contributed by atoms with E-state index in [1.807, 2.05) is 13.8 Å². The minimum atomic E-state index is -3.09. The number of nitrogens with zero attached hydrogens (tertiary/aromatic N) is 1. The van der Waals surface area contributed by atoms with Gasteiger partial charge in [-0.05, 0) is 30.5 Å². The van der Waals surface area contributed by atoms with Gasteiger partial charge in [0.25, 0.3) is 5.91 Å². The first-order valence-electron chi connectivity index (χ1n) is 8.51. The van der Waals surface area contributed by atoms with E-state index in [-0.39, 0.29) is 36.0 Å². The average molecular weight is 383 g/mol. The smallest absolute Gasteiger partial charge is 0.260 e. The zero-order chi connectivity index (χ0) is 19.3. The van der Waals surface area contributed by atoms with E-state index < -0.39 is 9.84 Å². The minimum absolute atomic E-state index is 0.00456. The second-order valence-corrected chi connectivity index (χ2v) is 9.04. The molecule has 1 atom stereocenters. The summed E-state index contributed by atoms with van der Waals surface area (Å²) in [6.07, 6.45) is 1.13. The zero-order valence-corrected chi connectivity index (χ0v) is 16.1. The predicted octanol–water partition coefficient (Wildman–Crippen LogP) is 1.56. The molecule has 8 heteroatoms. The number of ether oxygens (including phenoxy) is 2. The summed E-state index contributed by atoms with van der Waals surface area (Å²) in [5.74, 6) is 0.746. The summed E-state index contributed by atoms with van der Waals surface area (Å²) in [4.78, 5) is 25.2. The van der Waals surface area contributed by atoms with E-state index in [1.54, 1.807) is 17.0 Å². The molecule has 1 aliphatic heterocycles. The van der Waals surface area contributed by atoms with Gasteiger partial charge in [0.15, 0.2) is 27.9 Å². The number of benzene rings is 1. The molecule has 7 nitrogen and oxygen atoms in total. The molecule has 0 spiro atoms. The summed E-state index contributed by atoms with van der Waals surface area (Å²) in [6.45, 7) is 4.16. The topological polar surface area (TPSA) is 90.0 Å². The second-order valence-electron chi connectivity index (χ2n) is 6.81. The van der Waals surface area contributed by atoms with Crippen LogP contribution in [0.5, 0.6) is 11.5 Å². The van der Waals surface area contributed by atoms with Gasteiger partial charge in [0, 0.05) is 18.2 Å². The first kappa shape index (κ1) is 20.2. The van der Waals surface area contributed by atoms with Crippen molar-refractivity contribution in [1.29, 1.82) is 0 Å². The molecule has 1 fully saturated rings. The van der Waals surface area contributed by atoms with Crippen LogP contribution in [0, 0.1) is 5.92 Å². The molecule has 0 aliphatic carbocycles. The average Bonchev–Trinajstić information content (AvgIpc) is 2.96. The van der Waals surface area contributed by atoms with E-state index in [0.29, 0.717) is 36.3 Å². The Kier molecular flexibility index (Phi) is 6.63. The molecule has 0 saturated carbocycles. The van der Waals surface area contributed by atoms with Crippen molar-refractivity contribution >= 4 is 22.0 Å². The lowest BCUT2D eigenvalue weighted by Gasteiger charge is -2.30. The lowest BCUT2D eigenvalue weighted by Crippen LogP contribution is -2.45. The lowest BCUT2D eigenvalue weighted by atomic mass is 10.1. The third kappa shape index (κ3) is 5.20. The number of carbonyl (C=O) groups excluding carboxylic acids is 2. The van der Waals surface area contributed by atoms with Crippen molar-refractivity contribution in [3.8, 4) is 11.5 Å². The van der Waals surface area contributed by atoms with Crippen LogP contribution in [0.2, 0.25) is 0 Å². The highest BCUT2D eigenvalue weighted by molar-refractivity contribution is 7.91. The van der Waals surface area contributed by atoms with E-state index in [9.17, 15) is 18.0 Å². The number of hydrogen-bond acceptors (Lipinski definition) is 6. The molecule has 0 bridgehead atoms. The molecule has 1 saturated heterocycles. The van der Waals surface area contributed by atoms with Gasteiger partial charge in [-0.15, -0.1) is 0 Å². The minimum Gasteiger partial charge on any atom is -0.493 e. The Bertz CT molecular complexity index is 759. The Balaban J connectivity index is 2.11. The van der Waals surface area contributed by atoms with Gasteiger partial charge in [0.1, 0.15) is 6.29 Å². The van der Waals surface area contributed by atoms with Crippen molar-refractivity contribution in [3.05, 3.63) is 23.8 Å². The maximum atomic E-state index is 12.7. The molecule has 1 aromatic rings. The van der Waals surface area contributed by atoms with Crippen molar-refractivity contribution < 1.29 is 27.5 Å². The molecular weight excluding hydrogens is 358 g/mol. The van der Waals surface area contributed by atoms with E-state index >= 15 is 0 Å². The molecule has 0 radical (unpaired) electrons. The van der Waals surface area contributed by atoms with Gasteiger partial charge >= 0.3 is 0 Å². The van der Waals surface area contributed by atoms with Gasteiger partial charge < -0.3 is 14.4 Å². The van der Waals surface area contributed by atoms with E-state index in [1.165, 1.54) is 13.2 Å². The van der Waals surface area contributed by atoms with Crippen LogP contribution in [0.1, 0.15) is 30.6 Å². The monoisotopic (exact) mass is 383 g/mol. The van der Waals surface area contributed by atoms with Crippen molar-refractivity contribution in [3.63, 3.8) is 0 Å². The molecule has 1 heterocycles. The highest BCUT2D eigenvalue weighted by Crippen LogP contribution is 2.28. The van der Waals surface area contributed by atoms with Crippen LogP contribution in [0.15, 0.2) is 18.2 Å². The summed E-state index contributed by atoms with van der Waals surface area (Å²) in [5.41, 5.74) is 0.411. The van der Waals surface area contributed by atoms with Crippen LogP contribution < -0.4 is 9.47 Å². The van der Waals surface area contributed by atoms with Gasteiger partial charge in [0.2, 0.25) is 0 Å². The summed E-state index contributed by atoms with van der Waals surface area (Å²) in [7, 11) is -1.62. The summed E-state index contributed by atoms with van der Waals surface area (Å²) >= 11 is 0. The van der Waals surface area contributed by atoms with Gasteiger partial charge in [-0.25, -0.2) is 8.42 Å². The molecule has 0 aromatic heterocycles. The third-order valence-electron chi connectivity index (χ3n) is 4.21. The highest BCUT2D eigenvalue weighted by Gasteiger charge is 2.35. The molecule has 0 N–H and O–H groups in total. The molecule has 144 valence electrons. The quantitative estimate of drug-likeness (QED) is 0.633. The standard InChI is InChI=1S/C18H25NO6S/c1-13(2)9-19(15-6-7-26(22,23)12-15)18(21)11-25-17-8-14(10-20)4-5-16(17)24-3/h4-5,8,10,13,15H,6-7,9,11-12H2,1-3H3/t15-/m0/s1. The first-order chi connectivity index (χ1) is 12.3. The van der Waals surface area contributed by atoms with Gasteiger partial charge in [0.05, 0.1) is 18.6 Å². The normalized spacial score (nSPS) is 18.5. The van der Waals surface area contributed by atoms with Gasteiger partial charge in [-0.2, -0.15) is 0 Å². The highest BCUT2D eigenvalue weighted by atomic mass is 32.2. The largest absolute Gasteiger partial charge is 0.493 e. The molecule has 2 rings (SSSR count). The second kappa shape index (κ2) is 8.53. The molecule has 26 heavy (non-hydrogen) atoms. The Labute approximate surface area is 154 Å². The Hall–Kier alpha value is -2.09. The number of methoxy groups -OCH3 is 1. The molecule has 1 aliphatic rings. The number of rotatable bonds is 8. The van der Waals surface area contributed by atoms with Crippen LogP contribution in [0.3, 0.4) is 0 Å². The number of hydrogen-bond donors (Lipinski definition) is 0. The lowest BCUT2D eigenvalue weighted by molar-refractivity contribution is -0.135. The van der Waals surface area contributed by atoms with E-state index in [4.69, 9.17) is 9.47 Å².